The molecule has 0 saturated carbocycles. The van der Waals surface area contributed by atoms with Crippen LogP contribution in [0.5, 0.6) is 5.75 Å². The number of aryl methyl sites for hydroxylation is 3. The molecule has 2 N–H and O–H groups in total. The first-order chi connectivity index (χ1) is 18.1. The van der Waals surface area contributed by atoms with Gasteiger partial charge in [0.1, 0.15) is 17.1 Å². The Morgan fingerprint density at radius 1 is 1.29 bits per heavy atom. The van der Waals surface area contributed by atoms with E-state index >= 15 is 0 Å². The van der Waals surface area contributed by atoms with Crippen molar-refractivity contribution >= 4 is 32.6 Å². The van der Waals surface area contributed by atoms with Crippen molar-refractivity contribution in [1.29, 1.82) is 0 Å². The van der Waals surface area contributed by atoms with Crippen molar-refractivity contribution < 1.29 is 27.6 Å². The summed E-state index contributed by atoms with van der Waals surface area (Å²) in [7, 11) is 0.224. The van der Waals surface area contributed by atoms with Crippen molar-refractivity contribution in [3.63, 3.8) is 0 Å². The molecule has 3 aromatic rings. The number of ether oxygens (including phenoxy) is 1. The van der Waals surface area contributed by atoms with Crippen LogP contribution in [0.25, 0.3) is 10.9 Å². The summed E-state index contributed by atoms with van der Waals surface area (Å²) in [4.78, 5) is 15.4. The van der Waals surface area contributed by atoms with Crippen LogP contribution >= 0.6 is 0 Å². The average molecular weight is 546 g/mol. The normalized spacial score (nSPS) is 19.6. The van der Waals surface area contributed by atoms with E-state index < -0.39 is 21.5 Å². The molecule has 1 spiro atoms. The van der Waals surface area contributed by atoms with Gasteiger partial charge in [-0.25, -0.2) is 17.5 Å². The van der Waals surface area contributed by atoms with E-state index in [2.05, 4.69) is 10.5 Å². The van der Waals surface area contributed by atoms with Crippen LogP contribution in [0.3, 0.4) is 0 Å². The Morgan fingerprint density at radius 3 is 2.58 bits per heavy atom. The number of nitrogens with zero attached hydrogens (tertiary/aromatic N) is 4. The molecule has 12 heteroatoms. The fraction of sp³-hybridized carbons (Fsp3) is 0.538. The number of nitrogens with one attached hydrogen (secondary N) is 1. The molecule has 1 fully saturated rings. The van der Waals surface area contributed by atoms with E-state index in [4.69, 9.17) is 9.26 Å². The zero-order valence-electron chi connectivity index (χ0n) is 22.4. The molecule has 2 aliphatic rings. The van der Waals surface area contributed by atoms with Crippen LogP contribution in [0.1, 0.15) is 48.5 Å². The second-order valence-electron chi connectivity index (χ2n) is 10.2. The minimum absolute atomic E-state index is 0.0534. The lowest BCUT2D eigenvalue weighted by atomic mass is 9.68. The summed E-state index contributed by atoms with van der Waals surface area (Å²) in [5.74, 6) is 1.26. The number of aliphatic hydroxyl groups excluding tert-OH is 1. The molecule has 206 valence electrons. The number of aliphatic hydroxyl groups is 1. The second-order valence-corrected chi connectivity index (χ2v) is 12.5. The van der Waals surface area contributed by atoms with Gasteiger partial charge >= 0.3 is 6.03 Å². The second kappa shape index (κ2) is 9.58. The first-order valence-electron chi connectivity index (χ1n) is 12.8. The van der Waals surface area contributed by atoms with Gasteiger partial charge in [-0.3, -0.25) is 0 Å². The van der Waals surface area contributed by atoms with Gasteiger partial charge in [0.15, 0.2) is 5.76 Å². The zero-order valence-corrected chi connectivity index (χ0v) is 23.3. The molecular weight excluding hydrogens is 510 g/mol. The van der Waals surface area contributed by atoms with Crippen LogP contribution in [-0.2, 0) is 22.5 Å². The van der Waals surface area contributed by atoms with Crippen LogP contribution in [0.2, 0.25) is 0 Å². The summed E-state index contributed by atoms with van der Waals surface area (Å²) >= 11 is 0. The number of anilines is 1. The number of rotatable bonds is 5. The number of carbonyl (C=O) groups excluding carboxylic acids is 1. The van der Waals surface area contributed by atoms with E-state index in [1.807, 2.05) is 29.8 Å². The highest BCUT2D eigenvalue weighted by Crippen LogP contribution is 2.50. The van der Waals surface area contributed by atoms with Gasteiger partial charge in [0.05, 0.1) is 31.0 Å². The van der Waals surface area contributed by atoms with Gasteiger partial charge in [0.25, 0.3) is 0 Å². The lowest BCUT2D eigenvalue weighted by Crippen LogP contribution is -2.56. The third kappa shape index (κ3) is 4.05. The molecule has 0 bridgehead atoms. The van der Waals surface area contributed by atoms with Gasteiger partial charge in [0.2, 0.25) is 10.0 Å². The molecule has 2 aromatic heterocycles. The number of methoxy groups -OCH3 is 1. The number of carbonyl (C=O) groups is 1. The van der Waals surface area contributed by atoms with Gasteiger partial charge in [-0.05, 0) is 51.3 Å². The topological polar surface area (TPSA) is 130 Å². The van der Waals surface area contributed by atoms with Crippen LogP contribution in [-0.4, -0.2) is 77.6 Å². The molecule has 0 aliphatic carbocycles. The van der Waals surface area contributed by atoms with Gasteiger partial charge < -0.3 is 29.2 Å². The Balaban J connectivity index is 1.64. The maximum Gasteiger partial charge on any atom is 0.322 e. The van der Waals surface area contributed by atoms with Crippen molar-refractivity contribution in [2.45, 2.75) is 45.1 Å². The van der Waals surface area contributed by atoms with Crippen LogP contribution < -0.4 is 10.1 Å². The van der Waals surface area contributed by atoms with Crippen molar-refractivity contribution in [3.05, 3.63) is 40.9 Å². The molecule has 0 unspecified atom stereocenters. The van der Waals surface area contributed by atoms with E-state index in [-0.39, 0.29) is 18.4 Å². The summed E-state index contributed by atoms with van der Waals surface area (Å²) in [6, 6.07) is 4.93. The van der Waals surface area contributed by atoms with E-state index in [0.29, 0.717) is 55.4 Å². The molecule has 2 aliphatic heterocycles. The molecule has 2 amide bonds. The molecule has 5 rings (SSSR count). The molecule has 0 radical (unpaired) electrons. The van der Waals surface area contributed by atoms with Crippen molar-refractivity contribution in [2.75, 3.05) is 44.4 Å². The quantitative estimate of drug-likeness (QED) is 0.504. The number of hydrogen-bond acceptors (Lipinski definition) is 7. The fourth-order valence-corrected chi connectivity index (χ4v) is 7.30. The molecule has 1 aromatic carbocycles. The minimum atomic E-state index is -3.33. The largest absolute Gasteiger partial charge is 0.497 e. The average Bonchev–Trinajstić information content (AvgIpc) is 3.40. The van der Waals surface area contributed by atoms with Crippen molar-refractivity contribution in [1.82, 2.24) is 18.9 Å². The predicted octanol–water partition coefficient (Wildman–Crippen LogP) is 3.06. The van der Waals surface area contributed by atoms with Crippen molar-refractivity contribution in [3.8, 4) is 5.75 Å². The molecule has 4 heterocycles. The number of aromatic nitrogens is 2. The maximum absolute atomic E-state index is 13.8. The Hall–Kier alpha value is -3.09. The van der Waals surface area contributed by atoms with E-state index in [1.165, 1.54) is 0 Å². The maximum atomic E-state index is 13.8. The monoisotopic (exact) mass is 545 g/mol. The first-order valence-corrected chi connectivity index (χ1v) is 14.4. The number of hydrogen-bond donors (Lipinski definition) is 2. The number of sulfonamides is 1. The Bertz CT molecular complexity index is 1470. The summed E-state index contributed by atoms with van der Waals surface area (Å²) < 4.78 is 39.6. The highest BCUT2D eigenvalue weighted by Gasteiger charge is 2.50. The number of amides is 2. The standard InChI is InChI=1S/C26H35N5O6S/c1-6-38(34,35)30-11-9-26(10-12-30)15-31(25(33)27-23-16(2)28-37-17(23)3)21(14-32)24-22(26)19-8-7-18(36-5)13-20(19)29(24)4/h7-8,13,21,32H,6,9-12,14-15H2,1-5H3,(H,27,33)/t21-/m1/s1. The third-order valence-corrected chi connectivity index (χ3v) is 10.2. The Labute approximate surface area is 222 Å². The lowest BCUT2D eigenvalue weighted by Gasteiger charge is -2.50. The number of piperidine rings is 1. The number of benzene rings is 1. The highest BCUT2D eigenvalue weighted by molar-refractivity contribution is 7.89. The Morgan fingerprint density at radius 2 is 2.00 bits per heavy atom. The number of fused-ring (bicyclic) bond motifs is 4. The van der Waals surface area contributed by atoms with Crippen LogP contribution in [0.4, 0.5) is 10.5 Å². The molecule has 38 heavy (non-hydrogen) atoms. The minimum Gasteiger partial charge on any atom is -0.497 e. The smallest absolute Gasteiger partial charge is 0.322 e. The molecule has 11 nitrogen and oxygen atoms in total. The third-order valence-electron chi connectivity index (χ3n) is 8.29. The molecule has 1 saturated heterocycles. The van der Waals surface area contributed by atoms with E-state index in [9.17, 15) is 18.3 Å². The summed E-state index contributed by atoms with van der Waals surface area (Å²) in [6.45, 7) is 5.95. The zero-order chi connectivity index (χ0) is 27.4. The van der Waals surface area contributed by atoms with E-state index in [1.54, 1.807) is 37.1 Å². The first kappa shape index (κ1) is 26.5. The predicted molar refractivity (Wildman–Crippen MR) is 143 cm³/mol. The molecular formula is C26H35N5O6S. The van der Waals surface area contributed by atoms with Gasteiger partial charge in [-0.1, -0.05) is 5.16 Å². The summed E-state index contributed by atoms with van der Waals surface area (Å²) in [5, 5.41) is 18.5. The van der Waals surface area contributed by atoms with Crippen molar-refractivity contribution in [2.24, 2.45) is 7.05 Å². The van der Waals surface area contributed by atoms with Crippen LogP contribution in [0, 0.1) is 13.8 Å². The highest BCUT2D eigenvalue weighted by atomic mass is 32.2. The van der Waals surface area contributed by atoms with Gasteiger partial charge in [0, 0.05) is 49.2 Å². The fourth-order valence-electron chi connectivity index (χ4n) is 6.19. The Kier molecular flexibility index (Phi) is 6.69. The van der Waals surface area contributed by atoms with E-state index in [0.717, 1.165) is 22.2 Å². The summed E-state index contributed by atoms with van der Waals surface area (Å²) in [5.41, 5.74) is 3.44. The van der Waals surface area contributed by atoms with Gasteiger partial charge in [-0.2, -0.15) is 0 Å². The summed E-state index contributed by atoms with van der Waals surface area (Å²) in [6.07, 6.45) is 1.11. The van der Waals surface area contributed by atoms with Gasteiger partial charge in [-0.15, -0.1) is 0 Å². The van der Waals surface area contributed by atoms with Crippen LogP contribution in [0.15, 0.2) is 22.7 Å². The molecule has 1 atom stereocenters. The number of urea groups is 1. The lowest BCUT2D eigenvalue weighted by molar-refractivity contribution is 0.0841. The SMILES string of the molecule is CCS(=O)(=O)N1CCC2(CC1)CN(C(=O)Nc1c(C)noc1C)[C@H](CO)c1c2c2ccc(OC)cc2n1C.